The van der Waals surface area contributed by atoms with Crippen LogP contribution >= 0.6 is 27.3 Å². The van der Waals surface area contributed by atoms with Crippen molar-refractivity contribution in [3.8, 4) is 0 Å². The predicted molar refractivity (Wildman–Crippen MR) is 36.4 cm³/mol. The van der Waals surface area contributed by atoms with E-state index < -0.39 is 0 Å². The molecular weight excluding hydrogens is 174 g/mol. The second kappa shape index (κ2) is 1.84. The highest BCUT2D eigenvalue weighted by atomic mass is 79.9. The number of rotatable bonds is 0. The number of hydrogen-bond donors (Lipinski definition) is 1. The fraction of sp³-hybridized carbons (Fsp3) is 0. The number of nitrogen functional groups attached to an aromatic ring is 1. The molecule has 0 unspecified atom stereocenters. The molecule has 0 saturated heterocycles. The van der Waals surface area contributed by atoms with Crippen molar-refractivity contribution < 1.29 is 0 Å². The molecule has 1 aromatic heterocycles. The van der Waals surface area contributed by atoms with Gasteiger partial charge in [-0.15, -0.1) is 11.3 Å². The van der Waals surface area contributed by atoms with E-state index in [-0.39, 0.29) is 0 Å². The monoisotopic (exact) mass is 177 g/mol. The molecule has 0 aromatic carbocycles. The second-order valence-electron chi connectivity index (χ2n) is 1.15. The van der Waals surface area contributed by atoms with Crippen molar-refractivity contribution in [3.63, 3.8) is 0 Å². The van der Waals surface area contributed by atoms with Gasteiger partial charge in [0.2, 0.25) is 0 Å². The van der Waals surface area contributed by atoms with Crippen LogP contribution in [0.3, 0.4) is 0 Å². The van der Waals surface area contributed by atoms with E-state index in [9.17, 15) is 0 Å². The summed E-state index contributed by atoms with van der Waals surface area (Å²) in [6, 6.07) is 1.87. The summed E-state index contributed by atoms with van der Waals surface area (Å²) >= 11 is 4.85. The summed E-state index contributed by atoms with van der Waals surface area (Å²) < 4.78 is 1.02. The highest BCUT2D eigenvalue weighted by Gasteiger charge is 1.90. The molecule has 1 rings (SSSR count). The molecule has 7 heavy (non-hydrogen) atoms. The van der Waals surface area contributed by atoms with Crippen LogP contribution in [0, 0.1) is 0 Å². The Morgan fingerprint density at radius 2 is 2.43 bits per heavy atom. The molecule has 0 saturated carbocycles. The fourth-order valence-corrected chi connectivity index (χ4v) is 1.29. The van der Waals surface area contributed by atoms with Crippen LogP contribution in [-0.4, -0.2) is 0 Å². The first kappa shape index (κ1) is 5.12. The molecule has 0 atom stereocenters. The van der Waals surface area contributed by atoms with Crippen LogP contribution in [0.1, 0.15) is 0 Å². The van der Waals surface area contributed by atoms with Crippen LogP contribution in [-0.2, 0) is 0 Å². The van der Waals surface area contributed by atoms with Gasteiger partial charge in [-0.2, -0.15) is 0 Å². The average molecular weight is 178 g/mol. The highest BCUT2D eigenvalue weighted by Crippen LogP contribution is 2.24. The van der Waals surface area contributed by atoms with Crippen molar-refractivity contribution in [2.45, 2.75) is 0 Å². The van der Waals surface area contributed by atoms with Crippen LogP contribution in [0.15, 0.2) is 15.2 Å². The van der Waals surface area contributed by atoms with E-state index in [1.54, 1.807) is 11.3 Å². The maximum absolute atomic E-state index is 5.40. The largest absolute Gasteiger partial charge is 0.397 e. The van der Waals surface area contributed by atoms with Gasteiger partial charge in [0.05, 0.1) is 9.47 Å². The zero-order valence-corrected chi connectivity index (χ0v) is 5.92. The van der Waals surface area contributed by atoms with E-state index in [1.807, 2.05) is 11.4 Å². The molecule has 3 heteroatoms. The van der Waals surface area contributed by atoms with Crippen molar-refractivity contribution in [2.75, 3.05) is 5.73 Å². The number of nitrogens with two attached hydrogens (primary N) is 1. The Labute approximate surface area is 54.3 Å². The van der Waals surface area contributed by atoms with Crippen LogP contribution in [0.2, 0.25) is 0 Å². The SMILES string of the molecule is Nc1ccsc1Br. The quantitative estimate of drug-likeness (QED) is 0.646. The van der Waals surface area contributed by atoms with Gasteiger partial charge in [0.1, 0.15) is 0 Å². The summed E-state index contributed by atoms with van der Waals surface area (Å²) in [5.74, 6) is 0. The Bertz CT molecular complexity index is 144. The summed E-state index contributed by atoms with van der Waals surface area (Å²) in [5, 5.41) is 1.94. The lowest BCUT2D eigenvalue weighted by Crippen LogP contribution is -1.77. The zero-order chi connectivity index (χ0) is 5.28. The molecule has 1 aromatic rings. The molecular formula is C4H4BrNS. The smallest absolute Gasteiger partial charge is 0.0927 e. The molecule has 0 aliphatic rings. The van der Waals surface area contributed by atoms with Crippen molar-refractivity contribution in [3.05, 3.63) is 15.2 Å². The highest BCUT2D eigenvalue weighted by molar-refractivity contribution is 9.11. The lowest BCUT2D eigenvalue weighted by Gasteiger charge is -1.78. The molecule has 38 valence electrons. The average Bonchev–Trinajstić information content (AvgIpc) is 1.91. The lowest BCUT2D eigenvalue weighted by atomic mass is 10.6. The van der Waals surface area contributed by atoms with Gasteiger partial charge in [-0.1, -0.05) is 0 Å². The molecule has 1 heterocycles. The van der Waals surface area contributed by atoms with Crippen LogP contribution in [0.5, 0.6) is 0 Å². The molecule has 0 aliphatic heterocycles. The molecule has 0 fully saturated rings. The van der Waals surface area contributed by atoms with Gasteiger partial charge in [0.25, 0.3) is 0 Å². The third-order valence-electron chi connectivity index (χ3n) is 0.646. The minimum Gasteiger partial charge on any atom is -0.397 e. The standard InChI is InChI=1S/C4H4BrNS/c5-4-3(6)1-2-7-4/h1-2H,6H2. The van der Waals surface area contributed by atoms with Gasteiger partial charge in [-0.25, -0.2) is 0 Å². The minimum atomic E-state index is 0.824. The Morgan fingerprint density at radius 3 is 2.57 bits per heavy atom. The van der Waals surface area contributed by atoms with Gasteiger partial charge < -0.3 is 5.73 Å². The Hall–Kier alpha value is -0.0200. The number of thiophene rings is 1. The van der Waals surface area contributed by atoms with Crippen LogP contribution in [0.4, 0.5) is 5.69 Å². The van der Waals surface area contributed by atoms with Gasteiger partial charge in [0.15, 0.2) is 0 Å². The fourth-order valence-electron chi connectivity index (χ4n) is 0.301. The molecule has 0 aliphatic carbocycles. The van der Waals surface area contributed by atoms with E-state index in [2.05, 4.69) is 15.9 Å². The molecule has 0 radical (unpaired) electrons. The van der Waals surface area contributed by atoms with Crippen LogP contribution < -0.4 is 5.73 Å². The van der Waals surface area contributed by atoms with Crippen molar-refractivity contribution in [1.29, 1.82) is 0 Å². The third-order valence-corrected chi connectivity index (χ3v) is 2.38. The summed E-state index contributed by atoms with van der Waals surface area (Å²) in [7, 11) is 0. The first-order valence-corrected chi connectivity index (χ1v) is 3.46. The lowest BCUT2D eigenvalue weighted by molar-refractivity contribution is 1.85. The van der Waals surface area contributed by atoms with E-state index in [4.69, 9.17) is 5.73 Å². The van der Waals surface area contributed by atoms with E-state index in [0.717, 1.165) is 9.47 Å². The van der Waals surface area contributed by atoms with Gasteiger partial charge >= 0.3 is 0 Å². The van der Waals surface area contributed by atoms with Crippen molar-refractivity contribution in [2.24, 2.45) is 0 Å². The van der Waals surface area contributed by atoms with Gasteiger partial charge in [0, 0.05) is 0 Å². The normalized spacial score (nSPS) is 9.29. The van der Waals surface area contributed by atoms with Crippen molar-refractivity contribution >= 4 is 33.0 Å². The van der Waals surface area contributed by atoms with E-state index in [1.165, 1.54) is 0 Å². The topological polar surface area (TPSA) is 26.0 Å². The summed E-state index contributed by atoms with van der Waals surface area (Å²) in [6.45, 7) is 0. The molecule has 0 spiro atoms. The number of halogens is 1. The molecule has 0 bridgehead atoms. The summed E-state index contributed by atoms with van der Waals surface area (Å²) in [4.78, 5) is 0. The zero-order valence-electron chi connectivity index (χ0n) is 3.52. The van der Waals surface area contributed by atoms with Gasteiger partial charge in [-0.3, -0.25) is 0 Å². The number of hydrogen-bond acceptors (Lipinski definition) is 2. The predicted octanol–water partition coefficient (Wildman–Crippen LogP) is 2.09. The Balaban J connectivity index is 3.12. The van der Waals surface area contributed by atoms with Crippen LogP contribution in [0.25, 0.3) is 0 Å². The molecule has 1 nitrogen and oxygen atoms in total. The van der Waals surface area contributed by atoms with E-state index >= 15 is 0 Å². The molecule has 0 amide bonds. The molecule has 2 N–H and O–H groups in total. The first-order chi connectivity index (χ1) is 3.30. The summed E-state index contributed by atoms with van der Waals surface area (Å²) in [6.07, 6.45) is 0. The number of anilines is 1. The maximum atomic E-state index is 5.40. The minimum absolute atomic E-state index is 0.824. The van der Waals surface area contributed by atoms with E-state index in [0.29, 0.717) is 0 Å². The van der Waals surface area contributed by atoms with Gasteiger partial charge in [-0.05, 0) is 27.4 Å². The first-order valence-electron chi connectivity index (χ1n) is 1.79. The second-order valence-corrected chi connectivity index (χ2v) is 3.38. The third kappa shape index (κ3) is 0.951. The van der Waals surface area contributed by atoms with Crippen molar-refractivity contribution in [1.82, 2.24) is 0 Å². The Kier molecular flexibility index (Phi) is 1.35. The Morgan fingerprint density at radius 1 is 1.71 bits per heavy atom. The maximum Gasteiger partial charge on any atom is 0.0927 e. The summed E-state index contributed by atoms with van der Waals surface area (Å²) in [5.41, 5.74) is 6.23.